The van der Waals surface area contributed by atoms with Crippen LogP contribution >= 0.6 is 0 Å². The number of halogens is 1. The average Bonchev–Trinajstić information content (AvgIpc) is 3.18. The van der Waals surface area contributed by atoms with Gasteiger partial charge in [-0.1, -0.05) is 11.6 Å². The maximum atomic E-state index is 13.2. The Morgan fingerprint density at radius 2 is 1.97 bits per heavy atom. The van der Waals surface area contributed by atoms with E-state index in [-0.39, 0.29) is 30.5 Å². The van der Waals surface area contributed by atoms with Gasteiger partial charge in [-0.25, -0.2) is 9.37 Å². The molecular weight excluding hydrogens is 445 g/mol. The number of carbonyl (C=O) groups excluding carboxylic acids is 3. The van der Waals surface area contributed by atoms with Crippen LogP contribution in [0.1, 0.15) is 48.4 Å². The predicted octanol–water partition coefficient (Wildman–Crippen LogP) is 0.808. The first-order valence-electron chi connectivity index (χ1n) is 11.2. The van der Waals surface area contributed by atoms with Crippen LogP contribution in [0.5, 0.6) is 5.75 Å². The molecule has 10 nitrogen and oxygen atoms in total. The molecular formula is C23H28FN5O5. The van der Waals surface area contributed by atoms with E-state index in [0.717, 1.165) is 5.57 Å². The van der Waals surface area contributed by atoms with E-state index in [4.69, 9.17) is 0 Å². The highest BCUT2D eigenvalue weighted by atomic mass is 19.1. The summed E-state index contributed by atoms with van der Waals surface area (Å²) in [6.45, 7) is 0.428. The highest BCUT2D eigenvalue weighted by Gasteiger charge is 2.53. The van der Waals surface area contributed by atoms with Crippen LogP contribution in [0.15, 0.2) is 28.3 Å². The summed E-state index contributed by atoms with van der Waals surface area (Å²) in [5.74, 6) is -2.92. The van der Waals surface area contributed by atoms with Crippen molar-refractivity contribution < 1.29 is 23.9 Å². The largest absolute Gasteiger partial charge is 0.501 e. The standard InChI is InChI=1S/C23H28FN5O5/c1-27(2)20(33)21(34)28(3)23-9-8-14(10-23)12-29-19(32)17(30)16(26-22(23)29)18(31)25-11-13-4-6-15(24)7-5-13/h4,6,14,30H,5,7-12H2,1-3H3,(H,25,31). The summed E-state index contributed by atoms with van der Waals surface area (Å²) in [5.41, 5.74) is -1.43. The monoisotopic (exact) mass is 473 g/mol. The number of likely N-dealkylation sites (N-methyl/N-ethyl adjacent to an activating group) is 2. The lowest BCUT2D eigenvalue weighted by atomic mass is 9.89. The number of nitrogens with one attached hydrogen (secondary N) is 1. The lowest BCUT2D eigenvalue weighted by Gasteiger charge is -2.42. The summed E-state index contributed by atoms with van der Waals surface area (Å²) in [7, 11) is 4.46. The van der Waals surface area contributed by atoms with Crippen LogP contribution in [-0.2, 0) is 21.7 Å². The number of aromatic hydroxyl groups is 1. The van der Waals surface area contributed by atoms with E-state index in [1.54, 1.807) is 6.08 Å². The number of nitrogens with zero attached hydrogens (tertiary/aromatic N) is 4. The molecule has 2 unspecified atom stereocenters. The van der Waals surface area contributed by atoms with Crippen molar-refractivity contribution in [3.05, 3.63) is 45.4 Å². The number of carbonyl (C=O) groups is 3. The Hall–Kier alpha value is -3.50. The van der Waals surface area contributed by atoms with E-state index in [9.17, 15) is 28.7 Å². The Bertz CT molecular complexity index is 1190. The molecule has 182 valence electrons. The van der Waals surface area contributed by atoms with Crippen LogP contribution in [0.25, 0.3) is 0 Å². The lowest BCUT2D eigenvalue weighted by Crippen LogP contribution is -2.55. The van der Waals surface area contributed by atoms with E-state index in [1.165, 1.54) is 41.6 Å². The molecule has 11 heteroatoms. The summed E-state index contributed by atoms with van der Waals surface area (Å²) in [4.78, 5) is 58.1. The number of rotatable bonds is 4. The summed E-state index contributed by atoms with van der Waals surface area (Å²) in [5, 5.41) is 13.1. The fraction of sp³-hybridized carbons (Fsp3) is 0.522. The smallest absolute Gasteiger partial charge is 0.312 e. The summed E-state index contributed by atoms with van der Waals surface area (Å²) in [6, 6.07) is 0. The van der Waals surface area contributed by atoms with Gasteiger partial charge in [-0.15, -0.1) is 0 Å². The Morgan fingerprint density at radius 3 is 2.62 bits per heavy atom. The van der Waals surface area contributed by atoms with Crippen LogP contribution in [-0.4, -0.2) is 69.9 Å². The quantitative estimate of drug-likeness (QED) is 0.624. The van der Waals surface area contributed by atoms with Gasteiger partial charge in [0.15, 0.2) is 5.69 Å². The highest BCUT2D eigenvalue weighted by Crippen LogP contribution is 2.49. The number of hydrogen-bond donors (Lipinski definition) is 2. The SMILES string of the molecule is CN(C)C(=O)C(=O)N(C)C12CCC(Cn3c1nc(C(=O)NCC1=CC=C(F)CC1)c(O)c3=O)C2. The Balaban J connectivity index is 1.69. The molecule has 0 radical (unpaired) electrons. The lowest BCUT2D eigenvalue weighted by molar-refractivity contribution is -0.154. The fourth-order valence-corrected chi connectivity index (χ4v) is 5.03. The van der Waals surface area contributed by atoms with Crippen molar-refractivity contribution in [3.8, 4) is 5.75 Å². The molecule has 0 spiro atoms. The van der Waals surface area contributed by atoms with E-state index < -0.39 is 40.3 Å². The zero-order chi connectivity index (χ0) is 24.8. The van der Waals surface area contributed by atoms with Crippen molar-refractivity contribution >= 4 is 17.7 Å². The normalized spacial score (nSPS) is 22.9. The number of fused-ring (bicyclic) bond motifs is 4. The third-order valence-corrected chi connectivity index (χ3v) is 7.01. The molecule has 2 N–H and O–H groups in total. The van der Waals surface area contributed by atoms with Gasteiger partial charge in [-0.3, -0.25) is 23.7 Å². The molecule has 0 aromatic carbocycles. The number of aromatic nitrogens is 2. The summed E-state index contributed by atoms with van der Waals surface area (Å²) >= 11 is 0. The molecule has 2 bridgehead atoms. The maximum absolute atomic E-state index is 13.2. The molecule has 1 aromatic rings. The van der Waals surface area contributed by atoms with Crippen LogP contribution in [0.2, 0.25) is 0 Å². The van der Waals surface area contributed by atoms with Gasteiger partial charge in [0, 0.05) is 40.7 Å². The highest BCUT2D eigenvalue weighted by molar-refractivity contribution is 6.34. The van der Waals surface area contributed by atoms with Crippen molar-refractivity contribution in [1.82, 2.24) is 24.7 Å². The van der Waals surface area contributed by atoms with Crippen LogP contribution in [0.3, 0.4) is 0 Å². The van der Waals surface area contributed by atoms with Crippen molar-refractivity contribution in [2.75, 3.05) is 27.7 Å². The van der Waals surface area contributed by atoms with Gasteiger partial charge in [0.25, 0.3) is 11.5 Å². The van der Waals surface area contributed by atoms with Gasteiger partial charge < -0.3 is 20.2 Å². The van der Waals surface area contributed by atoms with Crippen LogP contribution < -0.4 is 10.9 Å². The molecule has 0 saturated heterocycles. The Kier molecular flexibility index (Phi) is 6.05. The van der Waals surface area contributed by atoms with E-state index in [2.05, 4.69) is 10.3 Å². The molecule has 2 aliphatic carbocycles. The zero-order valence-electron chi connectivity index (χ0n) is 19.4. The van der Waals surface area contributed by atoms with E-state index >= 15 is 0 Å². The topological polar surface area (TPSA) is 125 Å². The van der Waals surface area contributed by atoms with Crippen molar-refractivity contribution in [2.24, 2.45) is 5.92 Å². The Morgan fingerprint density at radius 1 is 1.24 bits per heavy atom. The maximum Gasteiger partial charge on any atom is 0.312 e. The second-order valence-electron chi connectivity index (χ2n) is 9.37. The fourth-order valence-electron chi connectivity index (χ4n) is 5.03. The molecule has 4 rings (SSSR count). The number of allylic oxidation sites excluding steroid dienone is 3. The average molecular weight is 474 g/mol. The molecule has 1 saturated carbocycles. The third kappa shape index (κ3) is 3.88. The second kappa shape index (κ2) is 8.69. The molecule has 1 aromatic heterocycles. The zero-order valence-corrected chi connectivity index (χ0v) is 19.4. The summed E-state index contributed by atoms with van der Waals surface area (Å²) in [6.07, 6.45) is 5.31. The number of hydrogen-bond acceptors (Lipinski definition) is 6. The van der Waals surface area contributed by atoms with Gasteiger partial charge in [-0.05, 0) is 37.7 Å². The minimum absolute atomic E-state index is 0.0717. The van der Waals surface area contributed by atoms with Crippen molar-refractivity contribution in [3.63, 3.8) is 0 Å². The number of amides is 3. The van der Waals surface area contributed by atoms with E-state index in [1.807, 2.05) is 0 Å². The van der Waals surface area contributed by atoms with Gasteiger partial charge in [0.1, 0.15) is 17.2 Å². The second-order valence-corrected chi connectivity index (χ2v) is 9.37. The molecule has 1 aliphatic heterocycles. The molecule has 2 heterocycles. The molecule has 1 fully saturated rings. The van der Waals surface area contributed by atoms with Crippen LogP contribution in [0, 0.1) is 5.92 Å². The van der Waals surface area contributed by atoms with Gasteiger partial charge in [0.2, 0.25) is 5.75 Å². The third-order valence-electron chi connectivity index (χ3n) is 7.01. The summed E-state index contributed by atoms with van der Waals surface area (Å²) < 4.78 is 14.5. The first kappa shape index (κ1) is 23.7. The van der Waals surface area contributed by atoms with Gasteiger partial charge in [-0.2, -0.15) is 0 Å². The predicted molar refractivity (Wildman–Crippen MR) is 119 cm³/mol. The molecule has 34 heavy (non-hydrogen) atoms. The van der Waals surface area contributed by atoms with Gasteiger partial charge in [0.05, 0.1) is 0 Å². The minimum atomic E-state index is -1.04. The Labute approximate surface area is 195 Å². The first-order chi connectivity index (χ1) is 16.0. The molecule has 3 amide bonds. The minimum Gasteiger partial charge on any atom is -0.501 e. The molecule has 2 atom stereocenters. The van der Waals surface area contributed by atoms with Gasteiger partial charge >= 0.3 is 11.8 Å². The van der Waals surface area contributed by atoms with Crippen molar-refractivity contribution in [2.45, 2.75) is 44.2 Å². The van der Waals surface area contributed by atoms with Crippen LogP contribution in [0.4, 0.5) is 4.39 Å². The van der Waals surface area contributed by atoms with E-state index in [0.29, 0.717) is 32.2 Å². The first-order valence-corrected chi connectivity index (χ1v) is 11.2. The molecule has 3 aliphatic rings. The van der Waals surface area contributed by atoms with Crippen molar-refractivity contribution in [1.29, 1.82) is 0 Å².